The van der Waals surface area contributed by atoms with Crippen LogP contribution in [-0.4, -0.2) is 32.4 Å². The summed E-state index contributed by atoms with van der Waals surface area (Å²) in [7, 11) is -3.40. The third kappa shape index (κ3) is 3.96. The third-order valence-corrected chi connectivity index (χ3v) is 5.44. The molecule has 0 radical (unpaired) electrons. The normalized spacial score (nSPS) is 12.9. The van der Waals surface area contributed by atoms with Gasteiger partial charge in [0.2, 0.25) is 16.8 Å². The number of fused-ring (bicyclic) bond motifs is 2. The molecule has 2 heterocycles. The number of thiazole rings is 1. The summed E-state index contributed by atoms with van der Waals surface area (Å²) in [6.07, 6.45) is 1.06. The predicted octanol–water partition coefficient (Wildman–Crippen LogP) is 2.33. The molecule has 8 nitrogen and oxygen atoms in total. The fourth-order valence-electron chi connectivity index (χ4n) is 2.60. The fourth-order valence-corrected chi connectivity index (χ4v) is 4.34. The minimum atomic E-state index is -3.40. The van der Waals surface area contributed by atoms with Gasteiger partial charge in [-0.3, -0.25) is 9.52 Å². The van der Waals surface area contributed by atoms with Crippen molar-refractivity contribution in [1.29, 1.82) is 0 Å². The molecule has 0 bridgehead atoms. The summed E-state index contributed by atoms with van der Waals surface area (Å²) < 4.78 is 36.3. The molecule has 0 spiro atoms. The molecule has 1 aliphatic rings. The van der Waals surface area contributed by atoms with Crippen LogP contribution in [0.1, 0.15) is 15.9 Å². The van der Waals surface area contributed by atoms with Crippen LogP contribution in [0.5, 0.6) is 11.5 Å². The van der Waals surface area contributed by atoms with Gasteiger partial charge in [-0.15, -0.1) is 0 Å². The summed E-state index contributed by atoms with van der Waals surface area (Å²) in [4.78, 5) is 16.6. The first-order valence-electron chi connectivity index (χ1n) is 7.92. The van der Waals surface area contributed by atoms with E-state index in [-0.39, 0.29) is 17.8 Å². The minimum absolute atomic E-state index is 0.205. The summed E-state index contributed by atoms with van der Waals surface area (Å²) in [5.41, 5.74) is 1.99. The molecule has 0 unspecified atom stereocenters. The van der Waals surface area contributed by atoms with Crippen LogP contribution in [0.15, 0.2) is 36.4 Å². The lowest BCUT2D eigenvalue weighted by Gasteiger charge is -2.06. The number of ether oxygens (including phenoxy) is 2. The Morgan fingerprint density at radius 2 is 2.00 bits per heavy atom. The van der Waals surface area contributed by atoms with E-state index in [1.807, 2.05) is 18.2 Å². The maximum absolute atomic E-state index is 12.4. The van der Waals surface area contributed by atoms with Gasteiger partial charge >= 0.3 is 0 Å². The number of amides is 1. The molecule has 1 aliphatic heterocycles. The van der Waals surface area contributed by atoms with Crippen LogP contribution >= 0.6 is 11.3 Å². The lowest BCUT2D eigenvalue weighted by molar-refractivity contribution is 0.0951. The Balaban J connectivity index is 1.47. The number of sulfonamides is 1. The molecule has 2 aromatic carbocycles. The third-order valence-electron chi connectivity index (χ3n) is 3.81. The van der Waals surface area contributed by atoms with Crippen molar-refractivity contribution in [2.45, 2.75) is 6.54 Å². The van der Waals surface area contributed by atoms with Crippen LogP contribution in [0.3, 0.4) is 0 Å². The van der Waals surface area contributed by atoms with Gasteiger partial charge < -0.3 is 14.8 Å². The fraction of sp³-hybridized carbons (Fsp3) is 0.176. The molecule has 0 aliphatic carbocycles. The zero-order valence-electron chi connectivity index (χ0n) is 14.2. The summed E-state index contributed by atoms with van der Waals surface area (Å²) in [6.45, 7) is 0.549. The molecule has 2 N–H and O–H groups in total. The van der Waals surface area contributed by atoms with Gasteiger partial charge in [0.15, 0.2) is 16.6 Å². The topological polar surface area (TPSA) is 107 Å². The molecule has 0 saturated carbocycles. The Kier molecular flexibility index (Phi) is 4.36. The predicted molar refractivity (Wildman–Crippen MR) is 102 cm³/mol. The van der Waals surface area contributed by atoms with Gasteiger partial charge in [-0.1, -0.05) is 17.4 Å². The number of rotatable bonds is 5. The highest BCUT2D eigenvalue weighted by Gasteiger charge is 2.14. The van der Waals surface area contributed by atoms with Crippen molar-refractivity contribution in [3.8, 4) is 11.5 Å². The van der Waals surface area contributed by atoms with Gasteiger partial charge in [0, 0.05) is 12.1 Å². The Labute approximate surface area is 159 Å². The van der Waals surface area contributed by atoms with Crippen LogP contribution in [0, 0.1) is 0 Å². The molecular formula is C17H15N3O5S2. The molecule has 3 aromatic rings. The first kappa shape index (κ1) is 17.6. The molecule has 1 amide bonds. The number of carbonyl (C=O) groups is 1. The molecule has 4 rings (SSSR count). The maximum Gasteiger partial charge on any atom is 0.251 e. The highest BCUT2D eigenvalue weighted by molar-refractivity contribution is 7.92. The molecule has 0 fully saturated rings. The van der Waals surface area contributed by atoms with Gasteiger partial charge in [-0.25, -0.2) is 13.4 Å². The number of hydrogen-bond acceptors (Lipinski definition) is 7. The summed E-state index contributed by atoms with van der Waals surface area (Å²) in [6, 6.07) is 10.5. The SMILES string of the molecule is CS(=O)(=O)Nc1nc2ccc(C(=O)NCc3ccc4c(c3)OCO4)cc2s1. The van der Waals surface area contributed by atoms with Crippen molar-refractivity contribution >= 4 is 42.6 Å². The van der Waals surface area contributed by atoms with Crippen LogP contribution in [-0.2, 0) is 16.6 Å². The number of hydrogen-bond donors (Lipinski definition) is 2. The molecule has 1 aromatic heterocycles. The van der Waals surface area contributed by atoms with E-state index in [2.05, 4.69) is 15.0 Å². The first-order valence-corrected chi connectivity index (χ1v) is 10.6. The van der Waals surface area contributed by atoms with E-state index in [0.717, 1.165) is 16.5 Å². The number of benzene rings is 2. The molecular weight excluding hydrogens is 390 g/mol. The zero-order chi connectivity index (χ0) is 19.0. The van der Waals surface area contributed by atoms with E-state index >= 15 is 0 Å². The van der Waals surface area contributed by atoms with Crippen LogP contribution in [0.25, 0.3) is 10.2 Å². The van der Waals surface area contributed by atoms with Crippen LogP contribution in [0.2, 0.25) is 0 Å². The van der Waals surface area contributed by atoms with Gasteiger partial charge in [0.05, 0.1) is 16.5 Å². The van der Waals surface area contributed by atoms with Crippen molar-refractivity contribution in [1.82, 2.24) is 10.3 Å². The monoisotopic (exact) mass is 405 g/mol. The number of carbonyl (C=O) groups excluding carboxylic acids is 1. The van der Waals surface area contributed by atoms with Crippen molar-refractivity contribution in [2.75, 3.05) is 17.8 Å². The highest BCUT2D eigenvalue weighted by Crippen LogP contribution is 2.32. The van der Waals surface area contributed by atoms with E-state index in [9.17, 15) is 13.2 Å². The standard InChI is InChI=1S/C17H15N3O5S2/c1-27(22,23)20-17-19-12-4-3-11(7-15(12)26-17)16(21)18-8-10-2-5-13-14(6-10)25-9-24-13/h2-7H,8-9H2,1H3,(H,18,21)(H,19,20). The van der Waals surface area contributed by atoms with E-state index in [1.165, 1.54) is 11.3 Å². The van der Waals surface area contributed by atoms with E-state index < -0.39 is 10.0 Å². The van der Waals surface area contributed by atoms with Gasteiger partial charge in [-0.05, 0) is 35.9 Å². The van der Waals surface area contributed by atoms with Gasteiger partial charge in [0.1, 0.15) is 0 Å². The summed E-state index contributed by atoms with van der Waals surface area (Å²) >= 11 is 1.17. The van der Waals surface area contributed by atoms with Crippen LogP contribution < -0.4 is 19.5 Å². The first-order chi connectivity index (χ1) is 12.9. The van der Waals surface area contributed by atoms with Gasteiger partial charge in [-0.2, -0.15) is 0 Å². The number of aromatic nitrogens is 1. The van der Waals surface area contributed by atoms with E-state index in [0.29, 0.717) is 29.1 Å². The minimum Gasteiger partial charge on any atom is -0.454 e. The second-order valence-electron chi connectivity index (χ2n) is 5.95. The van der Waals surface area contributed by atoms with E-state index in [1.54, 1.807) is 18.2 Å². The van der Waals surface area contributed by atoms with Gasteiger partial charge in [0.25, 0.3) is 5.91 Å². The smallest absolute Gasteiger partial charge is 0.251 e. The number of nitrogens with zero attached hydrogens (tertiary/aromatic N) is 1. The number of anilines is 1. The second-order valence-corrected chi connectivity index (χ2v) is 8.73. The Morgan fingerprint density at radius 3 is 2.81 bits per heavy atom. The lowest BCUT2D eigenvalue weighted by Crippen LogP contribution is -2.22. The lowest BCUT2D eigenvalue weighted by atomic mass is 10.1. The molecule has 27 heavy (non-hydrogen) atoms. The Bertz CT molecular complexity index is 1140. The molecule has 0 saturated heterocycles. The van der Waals surface area contributed by atoms with E-state index in [4.69, 9.17) is 9.47 Å². The highest BCUT2D eigenvalue weighted by atomic mass is 32.2. The van der Waals surface area contributed by atoms with Crippen LogP contribution in [0.4, 0.5) is 5.13 Å². The summed E-state index contributed by atoms with van der Waals surface area (Å²) in [5, 5.41) is 3.12. The number of nitrogens with one attached hydrogen (secondary N) is 2. The Morgan fingerprint density at radius 1 is 1.19 bits per heavy atom. The van der Waals surface area contributed by atoms with Crippen molar-refractivity contribution in [3.63, 3.8) is 0 Å². The Hall–Kier alpha value is -2.85. The second kappa shape index (κ2) is 6.71. The quantitative estimate of drug-likeness (QED) is 0.675. The summed E-state index contributed by atoms with van der Waals surface area (Å²) in [5.74, 6) is 1.12. The van der Waals surface area contributed by atoms with Crippen molar-refractivity contribution in [2.24, 2.45) is 0 Å². The van der Waals surface area contributed by atoms with Crippen molar-refractivity contribution < 1.29 is 22.7 Å². The molecule has 140 valence electrons. The molecule has 10 heteroatoms. The average molecular weight is 405 g/mol. The average Bonchev–Trinajstić information content (AvgIpc) is 3.22. The van der Waals surface area contributed by atoms with Crippen molar-refractivity contribution in [3.05, 3.63) is 47.5 Å². The largest absolute Gasteiger partial charge is 0.454 e. The zero-order valence-corrected chi connectivity index (χ0v) is 15.8. The maximum atomic E-state index is 12.4. The molecule has 0 atom stereocenters.